The van der Waals surface area contributed by atoms with Crippen molar-refractivity contribution in [3.05, 3.63) is 63.9 Å². The lowest BCUT2D eigenvalue weighted by molar-refractivity contribution is 0.593. The first-order valence-corrected chi connectivity index (χ1v) is 7.41. The van der Waals surface area contributed by atoms with Gasteiger partial charge in [0.2, 0.25) is 0 Å². The lowest BCUT2D eigenvalue weighted by Gasteiger charge is -2.22. The normalized spacial score (nSPS) is 12.4. The van der Waals surface area contributed by atoms with Crippen LogP contribution in [0.15, 0.2) is 47.2 Å². The summed E-state index contributed by atoms with van der Waals surface area (Å²) < 4.78 is 1.13. The van der Waals surface area contributed by atoms with E-state index in [1.807, 2.05) is 18.5 Å². The Hall–Kier alpha value is -1.19. The fraction of sp³-hybridized carbons (Fsp3) is 0.312. The topological polar surface area (TPSA) is 24.9 Å². The van der Waals surface area contributed by atoms with Crippen molar-refractivity contribution in [1.29, 1.82) is 0 Å². The molecule has 0 radical (unpaired) electrons. The van der Waals surface area contributed by atoms with E-state index in [1.165, 1.54) is 16.7 Å². The molecule has 1 unspecified atom stereocenters. The minimum absolute atomic E-state index is 0.184. The first-order valence-electron chi connectivity index (χ1n) is 6.62. The van der Waals surface area contributed by atoms with E-state index in [-0.39, 0.29) is 6.04 Å². The molecule has 2 nitrogen and oxygen atoms in total. The van der Waals surface area contributed by atoms with Crippen LogP contribution in [0.4, 0.5) is 0 Å². The Morgan fingerprint density at radius 3 is 2.68 bits per heavy atom. The molecule has 0 amide bonds. The highest BCUT2D eigenvalue weighted by molar-refractivity contribution is 9.10. The maximum Gasteiger partial charge on any atom is 0.0605 e. The zero-order chi connectivity index (χ0) is 13.7. The van der Waals surface area contributed by atoms with Gasteiger partial charge in [0.25, 0.3) is 0 Å². The van der Waals surface area contributed by atoms with Crippen LogP contribution in [-0.4, -0.2) is 11.5 Å². The van der Waals surface area contributed by atoms with Gasteiger partial charge in [0.15, 0.2) is 0 Å². The standard InChI is InChI=1S/C16H19BrN2/c1-3-9-19-16(13-6-4-5-7-15(13)17)14-11-18-10-8-12(14)2/h4-8,10-11,16,19H,3,9H2,1-2H3. The Kier molecular flexibility index (Phi) is 5.11. The van der Waals surface area contributed by atoms with E-state index in [1.54, 1.807) is 0 Å². The van der Waals surface area contributed by atoms with Gasteiger partial charge < -0.3 is 5.32 Å². The summed E-state index contributed by atoms with van der Waals surface area (Å²) in [5.74, 6) is 0. The molecule has 1 aromatic heterocycles. The molecule has 1 atom stereocenters. The Balaban J connectivity index is 2.42. The van der Waals surface area contributed by atoms with E-state index in [9.17, 15) is 0 Å². The molecule has 1 aromatic carbocycles. The summed E-state index contributed by atoms with van der Waals surface area (Å²) in [5.41, 5.74) is 3.76. The molecule has 19 heavy (non-hydrogen) atoms. The monoisotopic (exact) mass is 318 g/mol. The van der Waals surface area contributed by atoms with Crippen molar-refractivity contribution in [2.75, 3.05) is 6.54 Å². The van der Waals surface area contributed by atoms with E-state index in [4.69, 9.17) is 0 Å². The summed E-state index contributed by atoms with van der Waals surface area (Å²) in [6, 6.07) is 10.6. The summed E-state index contributed by atoms with van der Waals surface area (Å²) in [7, 11) is 0. The lowest BCUT2D eigenvalue weighted by Crippen LogP contribution is -2.24. The molecule has 0 saturated carbocycles. The van der Waals surface area contributed by atoms with Crippen molar-refractivity contribution < 1.29 is 0 Å². The highest BCUT2D eigenvalue weighted by Gasteiger charge is 2.17. The molecule has 100 valence electrons. The molecule has 0 aliphatic carbocycles. The van der Waals surface area contributed by atoms with Gasteiger partial charge >= 0.3 is 0 Å². The average molecular weight is 319 g/mol. The fourth-order valence-corrected chi connectivity index (χ4v) is 2.68. The van der Waals surface area contributed by atoms with Crippen molar-refractivity contribution in [3.63, 3.8) is 0 Å². The van der Waals surface area contributed by atoms with Crippen molar-refractivity contribution in [2.45, 2.75) is 26.3 Å². The van der Waals surface area contributed by atoms with Crippen LogP contribution in [-0.2, 0) is 0 Å². The highest BCUT2D eigenvalue weighted by atomic mass is 79.9. The first kappa shape index (κ1) is 14.2. The Morgan fingerprint density at radius 1 is 1.21 bits per heavy atom. The van der Waals surface area contributed by atoms with Crippen molar-refractivity contribution in [3.8, 4) is 0 Å². The molecule has 0 bridgehead atoms. The molecule has 0 spiro atoms. The van der Waals surface area contributed by atoms with Gasteiger partial charge in [0.05, 0.1) is 6.04 Å². The van der Waals surface area contributed by atoms with Gasteiger partial charge in [-0.15, -0.1) is 0 Å². The zero-order valence-electron chi connectivity index (χ0n) is 11.4. The molecule has 1 N–H and O–H groups in total. The van der Waals surface area contributed by atoms with Crippen molar-refractivity contribution in [1.82, 2.24) is 10.3 Å². The SMILES string of the molecule is CCCNC(c1cnccc1C)c1ccccc1Br. The molecule has 2 rings (SSSR count). The van der Waals surface area contributed by atoms with E-state index >= 15 is 0 Å². The van der Waals surface area contributed by atoms with Gasteiger partial charge in [-0.05, 0) is 48.7 Å². The summed E-state index contributed by atoms with van der Waals surface area (Å²) in [6.07, 6.45) is 4.91. The van der Waals surface area contributed by atoms with Gasteiger partial charge in [-0.1, -0.05) is 41.1 Å². The number of benzene rings is 1. The third-order valence-electron chi connectivity index (χ3n) is 3.21. The van der Waals surface area contributed by atoms with Crippen molar-refractivity contribution >= 4 is 15.9 Å². The Labute approximate surface area is 123 Å². The molecule has 0 aliphatic rings. The van der Waals surface area contributed by atoms with Crippen LogP contribution in [0.2, 0.25) is 0 Å². The summed E-state index contributed by atoms with van der Waals surface area (Å²) in [6.45, 7) is 5.30. The van der Waals surface area contributed by atoms with Crippen LogP contribution >= 0.6 is 15.9 Å². The Morgan fingerprint density at radius 2 is 2.00 bits per heavy atom. The number of aromatic nitrogens is 1. The maximum atomic E-state index is 4.27. The number of nitrogens with one attached hydrogen (secondary N) is 1. The van der Waals surface area contributed by atoms with Crippen LogP contribution < -0.4 is 5.32 Å². The molecule has 0 fully saturated rings. The largest absolute Gasteiger partial charge is 0.306 e. The van der Waals surface area contributed by atoms with E-state index in [0.717, 1.165) is 17.4 Å². The molecular formula is C16H19BrN2. The molecule has 1 heterocycles. The second kappa shape index (κ2) is 6.83. The number of hydrogen-bond acceptors (Lipinski definition) is 2. The third-order valence-corrected chi connectivity index (χ3v) is 3.93. The lowest BCUT2D eigenvalue weighted by atomic mass is 9.96. The van der Waals surface area contributed by atoms with Gasteiger partial charge in [-0.3, -0.25) is 4.98 Å². The predicted molar refractivity (Wildman–Crippen MR) is 83.3 cm³/mol. The fourth-order valence-electron chi connectivity index (χ4n) is 2.16. The molecular weight excluding hydrogens is 300 g/mol. The summed E-state index contributed by atoms with van der Waals surface area (Å²) >= 11 is 3.65. The van der Waals surface area contributed by atoms with Crippen LogP contribution in [0, 0.1) is 6.92 Å². The Bertz CT molecular complexity index is 494. The van der Waals surface area contributed by atoms with Crippen LogP contribution in [0.1, 0.15) is 36.1 Å². The molecule has 2 aromatic rings. The van der Waals surface area contributed by atoms with Crippen LogP contribution in [0.3, 0.4) is 0 Å². The second-order valence-electron chi connectivity index (χ2n) is 4.64. The maximum absolute atomic E-state index is 4.27. The predicted octanol–water partition coefficient (Wildman–Crippen LogP) is 4.24. The van der Waals surface area contributed by atoms with E-state index in [0.29, 0.717) is 0 Å². The van der Waals surface area contributed by atoms with Gasteiger partial charge in [-0.25, -0.2) is 0 Å². The van der Waals surface area contributed by atoms with Gasteiger partial charge in [-0.2, -0.15) is 0 Å². The quantitative estimate of drug-likeness (QED) is 0.891. The number of pyridine rings is 1. The minimum Gasteiger partial charge on any atom is -0.306 e. The number of halogens is 1. The van der Waals surface area contributed by atoms with E-state index in [2.05, 4.69) is 64.3 Å². The van der Waals surface area contributed by atoms with Crippen LogP contribution in [0.5, 0.6) is 0 Å². The number of hydrogen-bond donors (Lipinski definition) is 1. The molecule has 0 saturated heterocycles. The first-order chi connectivity index (χ1) is 9.24. The van der Waals surface area contributed by atoms with Crippen LogP contribution in [0.25, 0.3) is 0 Å². The zero-order valence-corrected chi connectivity index (χ0v) is 12.9. The third kappa shape index (κ3) is 3.43. The molecule has 3 heteroatoms. The van der Waals surface area contributed by atoms with Gasteiger partial charge in [0.1, 0.15) is 0 Å². The summed E-state index contributed by atoms with van der Waals surface area (Å²) in [5, 5.41) is 3.61. The summed E-state index contributed by atoms with van der Waals surface area (Å²) in [4.78, 5) is 4.27. The number of rotatable bonds is 5. The molecule has 0 aliphatic heterocycles. The highest BCUT2D eigenvalue weighted by Crippen LogP contribution is 2.29. The minimum atomic E-state index is 0.184. The number of aryl methyl sites for hydroxylation is 1. The smallest absolute Gasteiger partial charge is 0.0605 e. The van der Waals surface area contributed by atoms with Gasteiger partial charge in [0, 0.05) is 16.9 Å². The van der Waals surface area contributed by atoms with Crippen molar-refractivity contribution in [2.24, 2.45) is 0 Å². The number of nitrogens with zero attached hydrogens (tertiary/aromatic N) is 1. The van der Waals surface area contributed by atoms with E-state index < -0.39 is 0 Å². The second-order valence-corrected chi connectivity index (χ2v) is 5.50. The average Bonchev–Trinajstić information content (AvgIpc) is 2.42.